The lowest BCUT2D eigenvalue weighted by Crippen LogP contribution is -2.30. The van der Waals surface area contributed by atoms with Gasteiger partial charge < -0.3 is 10.2 Å². The van der Waals surface area contributed by atoms with Crippen molar-refractivity contribution < 1.29 is 4.79 Å². The standard InChI is InChI=1S/C16H24N2O/c1-17-10-8-16(19)18(2)11-9-13-6-7-14-4-3-5-15(14)12-13/h6-7,12,17H,3-5,8-11H2,1-2H3. The average molecular weight is 260 g/mol. The molecule has 1 aromatic rings. The number of carbonyl (C=O) groups is 1. The lowest BCUT2D eigenvalue weighted by Gasteiger charge is -2.17. The molecule has 0 atom stereocenters. The van der Waals surface area contributed by atoms with Gasteiger partial charge in [-0.1, -0.05) is 18.2 Å². The van der Waals surface area contributed by atoms with Crippen LogP contribution < -0.4 is 5.32 Å². The largest absolute Gasteiger partial charge is 0.345 e. The number of amides is 1. The Morgan fingerprint density at radius 3 is 2.89 bits per heavy atom. The fourth-order valence-corrected chi connectivity index (χ4v) is 2.62. The Kier molecular flexibility index (Phi) is 4.97. The highest BCUT2D eigenvalue weighted by molar-refractivity contribution is 5.76. The smallest absolute Gasteiger partial charge is 0.223 e. The van der Waals surface area contributed by atoms with Gasteiger partial charge in [0.15, 0.2) is 0 Å². The lowest BCUT2D eigenvalue weighted by atomic mass is 10.0. The first-order chi connectivity index (χ1) is 9.20. The highest BCUT2D eigenvalue weighted by Gasteiger charge is 2.12. The summed E-state index contributed by atoms with van der Waals surface area (Å²) in [5.41, 5.74) is 4.39. The summed E-state index contributed by atoms with van der Waals surface area (Å²) in [6.07, 6.45) is 5.28. The van der Waals surface area contributed by atoms with Crippen LogP contribution in [0.1, 0.15) is 29.5 Å². The molecule has 2 rings (SSSR count). The molecule has 0 unspecified atom stereocenters. The minimum atomic E-state index is 0.218. The highest BCUT2D eigenvalue weighted by atomic mass is 16.2. The fraction of sp³-hybridized carbons (Fsp3) is 0.562. The number of likely N-dealkylation sites (N-methyl/N-ethyl adjacent to an activating group) is 1. The molecule has 0 heterocycles. The van der Waals surface area contributed by atoms with Gasteiger partial charge in [0.2, 0.25) is 5.91 Å². The minimum Gasteiger partial charge on any atom is -0.345 e. The van der Waals surface area contributed by atoms with E-state index >= 15 is 0 Å². The van der Waals surface area contributed by atoms with Gasteiger partial charge in [0.1, 0.15) is 0 Å². The maximum absolute atomic E-state index is 11.8. The molecule has 1 aliphatic rings. The Labute approximate surface area is 116 Å². The number of hydrogen-bond acceptors (Lipinski definition) is 2. The van der Waals surface area contributed by atoms with E-state index in [0.29, 0.717) is 6.42 Å². The molecule has 0 radical (unpaired) electrons. The molecule has 0 saturated carbocycles. The first kappa shape index (κ1) is 14.1. The summed E-state index contributed by atoms with van der Waals surface area (Å²) in [6.45, 7) is 1.56. The Morgan fingerprint density at radius 2 is 2.11 bits per heavy atom. The Hall–Kier alpha value is -1.35. The Bertz CT molecular complexity index is 442. The molecule has 104 valence electrons. The third-order valence-electron chi connectivity index (χ3n) is 3.91. The predicted molar refractivity (Wildman–Crippen MR) is 78.4 cm³/mol. The van der Waals surface area contributed by atoms with Crippen molar-refractivity contribution in [2.45, 2.75) is 32.1 Å². The van der Waals surface area contributed by atoms with E-state index in [1.165, 1.54) is 36.0 Å². The molecule has 0 spiro atoms. The maximum Gasteiger partial charge on any atom is 0.223 e. The van der Waals surface area contributed by atoms with E-state index < -0.39 is 0 Å². The van der Waals surface area contributed by atoms with Gasteiger partial charge in [-0.15, -0.1) is 0 Å². The first-order valence-electron chi connectivity index (χ1n) is 7.20. The molecule has 19 heavy (non-hydrogen) atoms. The average Bonchev–Trinajstić information content (AvgIpc) is 2.89. The van der Waals surface area contributed by atoms with Gasteiger partial charge in [-0.05, 0) is 49.4 Å². The lowest BCUT2D eigenvalue weighted by molar-refractivity contribution is -0.129. The van der Waals surface area contributed by atoms with Crippen LogP contribution in [0.4, 0.5) is 0 Å². The van der Waals surface area contributed by atoms with Crippen LogP contribution in [0.25, 0.3) is 0 Å². The molecule has 1 amide bonds. The van der Waals surface area contributed by atoms with E-state index in [-0.39, 0.29) is 5.91 Å². The van der Waals surface area contributed by atoms with Crippen molar-refractivity contribution in [1.29, 1.82) is 0 Å². The Morgan fingerprint density at radius 1 is 1.32 bits per heavy atom. The maximum atomic E-state index is 11.8. The zero-order valence-electron chi connectivity index (χ0n) is 12.0. The van der Waals surface area contributed by atoms with E-state index in [9.17, 15) is 4.79 Å². The highest BCUT2D eigenvalue weighted by Crippen LogP contribution is 2.23. The van der Waals surface area contributed by atoms with Crippen molar-refractivity contribution >= 4 is 5.91 Å². The van der Waals surface area contributed by atoms with Gasteiger partial charge in [-0.25, -0.2) is 0 Å². The van der Waals surface area contributed by atoms with Crippen LogP contribution in [0.15, 0.2) is 18.2 Å². The van der Waals surface area contributed by atoms with Crippen LogP contribution in [-0.4, -0.2) is 38.0 Å². The van der Waals surface area contributed by atoms with Gasteiger partial charge >= 0.3 is 0 Å². The molecule has 3 nitrogen and oxygen atoms in total. The van der Waals surface area contributed by atoms with Crippen LogP contribution in [0, 0.1) is 0 Å². The Balaban J connectivity index is 1.83. The molecular formula is C16H24N2O. The van der Waals surface area contributed by atoms with Crippen molar-refractivity contribution in [3.8, 4) is 0 Å². The van der Waals surface area contributed by atoms with E-state index in [0.717, 1.165) is 19.5 Å². The molecule has 0 saturated heterocycles. The molecule has 0 aliphatic heterocycles. The number of fused-ring (bicyclic) bond motifs is 1. The minimum absolute atomic E-state index is 0.218. The van der Waals surface area contributed by atoms with Crippen molar-refractivity contribution in [2.24, 2.45) is 0 Å². The molecule has 1 N–H and O–H groups in total. The summed E-state index contributed by atoms with van der Waals surface area (Å²) < 4.78 is 0. The van der Waals surface area contributed by atoms with Crippen LogP contribution in [-0.2, 0) is 24.1 Å². The second-order valence-corrected chi connectivity index (χ2v) is 5.38. The van der Waals surface area contributed by atoms with Gasteiger partial charge in [0.25, 0.3) is 0 Å². The van der Waals surface area contributed by atoms with Crippen molar-refractivity contribution in [1.82, 2.24) is 10.2 Å². The number of carbonyl (C=O) groups excluding carboxylic acids is 1. The predicted octanol–water partition coefficient (Wildman–Crippen LogP) is 1.79. The molecule has 1 aliphatic carbocycles. The molecular weight excluding hydrogens is 236 g/mol. The van der Waals surface area contributed by atoms with Gasteiger partial charge in [0, 0.05) is 26.6 Å². The fourth-order valence-electron chi connectivity index (χ4n) is 2.62. The van der Waals surface area contributed by atoms with Gasteiger partial charge in [-0.2, -0.15) is 0 Å². The van der Waals surface area contributed by atoms with Crippen LogP contribution in [0.2, 0.25) is 0 Å². The molecule has 0 bridgehead atoms. The summed E-state index contributed by atoms with van der Waals surface area (Å²) in [7, 11) is 3.77. The zero-order valence-corrected chi connectivity index (χ0v) is 12.0. The summed E-state index contributed by atoms with van der Waals surface area (Å²) in [5, 5.41) is 3.01. The summed E-state index contributed by atoms with van der Waals surface area (Å²) >= 11 is 0. The van der Waals surface area contributed by atoms with Crippen molar-refractivity contribution in [3.05, 3.63) is 34.9 Å². The van der Waals surface area contributed by atoms with Crippen LogP contribution in [0.5, 0.6) is 0 Å². The topological polar surface area (TPSA) is 32.3 Å². The SMILES string of the molecule is CNCCC(=O)N(C)CCc1ccc2c(c1)CCC2. The molecule has 0 aromatic heterocycles. The molecule has 3 heteroatoms. The van der Waals surface area contributed by atoms with E-state index in [4.69, 9.17) is 0 Å². The summed E-state index contributed by atoms with van der Waals surface area (Å²) in [6, 6.07) is 6.81. The summed E-state index contributed by atoms with van der Waals surface area (Å²) in [4.78, 5) is 13.6. The number of rotatable bonds is 6. The number of nitrogens with zero attached hydrogens (tertiary/aromatic N) is 1. The molecule has 0 fully saturated rings. The van der Waals surface area contributed by atoms with Crippen molar-refractivity contribution in [3.63, 3.8) is 0 Å². The third kappa shape index (κ3) is 3.80. The van der Waals surface area contributed by atoms with E-state index in [1.807, 2.05) is 19.0 Å². The van der Waals surface area contributed by atoms with Crippen molar-refractivity contribution in [2.75, 3.05) is 27.2 Å². The number of hydrogen-bond donors (Lipinski definition) is 1. The van der Waals surface area contributed by atoms with E-state index in [1.54, 1.807) is 0 Å². The normalized spacial score (nSPS) is 13.4. The number of nitrogens with one attached hydrogen (secondary N) is 1. The molecule has 1 aromatic carbocycles. The first-order valence-corrected chi connectivity index (χ1v) is 7.20. The zero-order chi connectivity index (χ0) is 13.7. The number of benzene rings is 1. The van der Waals surface area contributed by atoms with E-state index in [2.05, 4.69) is 23.5 Å². The van der Waals surface area contributed by atoms with Gasteiger partial charge in [0.05, 0.1) is 0 Å². The monoisotopic (exact) mass is 260 g/mol. The quantitative estimate of drug-likeness (QED) is 0.845. The second kappa shape index (κ2) is 6.71. The van der Waals surface area contributed by atoms with Crippen LogP contribution in [0.3, 0.4) is 0 Å². The number of aryl methyl sites for hydroxylation is 2. The van der Waals surface area contributed by atoms with Crippen LogP contribution >= 0.6 is 0 Å². The van der Waals surface area contributed by atoms with Gasteiger partial charge in [-0.3, -0.25) is 4.79 Å². The second-order valence-electron chi connectivity index (χ2n) is 5.38. The summed E-state index contributed by atoms with van der Waals surface area (Å²) in [5.74, 6) is 0.218. The third-order valence-corrected chi connectivity index (χ3v) is 3.91.